The molecule has 2 rings (SSSR count). The van der Waals surface area contributed by atoms with Crippen LogP contribution >= 0.6 is 22.9 Å². The van der Waals surface area contributed by atoms with Gasteiger partial charge in [-0.2, -0.15) is 0 Å². The van der Waals surface area contributed by atoms with Gasteiger partial charge in [0, 0.05) is 15.3 Å². The number of hydrogen-bond acceptors (Lipinski definition) is 2. The monoisotopic (exact) mass is 266 g/mol. The molecule has 0 spiro atoms. The van der Waals surface area contributed by atoms with Crippen LogP contribution in [-0.2, 0) is 11.8 Å². The molecular weight excluding hydrogens is 252 g/mol. The van der Waals surface area contributed by atoms with E-state index < -0.39 is 0 Å². The number of hydrogen-bond donors (Lipinski definition) is 1. The van der Waals surface area contributed by atoms with Crippen molar-refractivity contribution in [2.75, 3.05) is 6.61 Å². The van der Waals surface area contributed by atoms with E-state index in [2.05, 4.69) is 13.0 Å². The summed E-state index contributed by atoms with van der Waals surface area (Å²) in [6, 6.07) is 11.9. The number of halogens is 1. The molecule has 0 aliphatic heterocycles. The fourth-order valence-electron chi connectivity index (χ4n) is 1.91. The first-order valence-electron chi connectivity index (χ1n) is 5.54. The lowest BCUT2D eigenvalue weighted by molar-refractivity contribution is 0.207. The Hall–Kier alpha value is -0.830. The Kier molecular flexibility index (Phi) is 3.87. The van der Waals surface area contributed by atoms with Crippen molar-refractivity contribution in [2.24, 2.45) is 0 Å². The minimum atomic E-state index is -0.251. The van der Waals surface area contributed by atoms with Crippen LogP contribution in [-0.4, -0.2) is 11.7 Å². The van der Waals surface area contributed by atoms with Gasteiger partial charge in [-0.25, -0.2) is 0 Å². The highest BCUT2D eigenvalue weighted by Crippen LogP contribution is 2.33. The molecule has 0 amide bonds. The van der Waals surface area contributed by atoms with Gasteiger partial charge < -0.3 is 5.11 Å². The second kappa shape index (κ2) is 5.21. The molecule has 17 heavy (non-hydrogen) atoms. The second-order valence-corrected chi connectivity index (χ2v) is 5.82. The molecule has 0 radical (unpaired) electrons. The summed E-state index contributed by atoms with van der Waals surface area (Å²) < 4.78 is 0. The van der Waals surface area contributed by atoms with Crippen LogP contribution < -0.4 is 0 Å². The maximum Gasteiger partial charge on any atom is 0.0536 e. The standard InChI is InChI=1S/C14H15ClOS/c1-14(10-16,13-7-4-8-17-13)9-11-5-2-3-6-12(11)15/h2-8,16H,9-10H2,1H3. The molecule has 0 bridgehead atoms. The van der Waals surface area contributed by atoms with E-state index in [1.807, 2.05) is 35.7 Å². The van der Waals surface area contributed by atoms with Crippen LogP contribution in [0.2, 0.25) is 5.02 Å². The Morgan fingerprint density at radius 3 is 2.59 bits per heavy atom. The van der Waals surface area contributed by atoms with Crippen LogP contribution in [0, 0.1) is 0 Å². The number of aliphatic hydroxyl groups excluding tert-OH is 1. The highest BCUT2D eigenvalue weighted by Gasteiger charge is 2.28. The SMILES string of the molecule is CC(CO)(Cc1ccccc1Cl)c1cccs1. The summed E-state index contributed by atoms with van der Waals surface area (Å²) in [5.74, 6) is 0. The van der Waals surface area contributed by atoms with Gasteiger partial charge in [-0.05, 0) is 29.5 Å². The summed E-state index contributed by atoms with van der Waals surface area (Å²) in [6.45, 7) is 2.20. The van der Waals surface area contributed by atoms with Gasteiger partial charge in [-0.15, -0.1) is 11.3 Å². The predicted molar refractivity (Wildman–Crippen MR) is 73.9 cm³/mol. The summed E-state index contributed by atoms with van der Waals surface area (Å²) in [5.41, 5.74) is 0.832. The largest absolute Gasteiger partial charge is 0.395 e. The third kappa shape index (κ3) is 2.71. The Morgan fingerprint density at radius 2 is 2.00 bits per heavy atom. The molecule has 90 valence electrons. The lowest BCUT2D eigenvalue weighted by Gasteiger charge is -2.26. The first-order valence-corrected chi connectivity index (χ1v) is 6.80. The molecule has 1 unspecified atom stereocenters. The first kappa shape index (κ1) is 12.6. The molecule has 1 aromatic heterocycles. The lowest BCUT2D eigenvalue weighted by atomic mass is 9.83. The van der Waals surface area contributed by atoms with E-state index in [0.717, 1.165) is 17.0 Å². The highest BCUT2D eigenvalue weighted by molar-refractivity contribution is 7.10. The fourth-order valence-corrected chi connectivity index (χ4v) is 2.99. The minimum Gasteiger partial charge on any atom is -0.395 e. The van der Waals surface area contributed by atoms with Gasteiger partial charge in [0.2, 0.25) is 0 Å². The molecule has 1 heterocycles. The predicted octanol–water partition coefficient (Wildman–Crippen LogP) is 3.89. The van der Waals surface area contributed by atoms with Crippen LogP contribution in [0.1, 0.15) is 17.4 Å². The van der Waals surface area contributed by atoms with Crippen LogP contribution in [0.4, 0.5) is 0 Å². The summed E-state index contributed by atoms with van der Waals surface area (Å²) in [4.78, 5) is 1.19. The molecule has 1 N–H and O–H groups in total. The van der Waals surface area contributed by atoms with Gasteiger partial charge >= 0.3 is 0 Å². The molecule has 0 saturated carbocycles. The smallest absolute Gasteiger partial charge is 0.0536 e. The zero-order valence-electron chi connectivity index (χ0n) is 9.69. The zero-order chi connectivity index (χ0) is 12.3. The molecule has 3 heteroatoms. The zero-order valence-corrected chi connectivity index (χ0v) is 11.3. The van der Waals surface area contributed by atoms with Crippen LogP contribution in [0.3, 0.4) is 0 Å². The van der Waals surface area contributed by atoms with Crippen LogP contribution in [0.5, 0.6) is 0 Å². The number of benzene rings is 1. The Labute approximate surface area is 111 Å². The summed E-state index contributed by atoms with van der Waals surface area (Å²) in [6.07, 6.45) is 0.754. The molecule has 0 aliphatic carbocycles. The maximum atomic E-state index is 9.67. The maximum absolute atomic E-state index is 9.67. The third-order valence-electron chi connectivity index (χ3n) is 3.00. The van der Waals surface area contributed by atoms with Gasteiger partial charge in [0.1, 0.15) is 0 Å². The molecule has 0 aliphatic rings. The molecule has 1 atom stereocenters. The van der Waals surface area contributed by atoms with E-state index in [4.69, 9.17) is 11.6 Å². The first-order chi connectivity index (χ1) is 8.15. The lowest BCUT2D eigenvalue weighted by Crippen LogP contribution is -2.28. The molecule has 0 saturated heterocycles. The summed E-state index contributed by atoms with van der Waals surface area (Å²) in [7, 11) is 0. The number of thiophene rings is 1. The van der Waals surface area contributed by atoms with Crippen LogP contribution in [0.25, 0.3) is 0 Å². The van der Waals surface area contributed by atoms with Crippen molar-refractivity contribution >= 4 is 22.9 Å². The van der Waals surface area contributed by atoms with Gasteiger partial charge in [0.05, 0.1) is 6.61 Å². The third-order valence-corrected chi connectivity index (χ3v) is 4.55. The van der Waals surface area contributed by atoms with Crippen molar-refractivity contribution in [1.29, 1.82) is 0 Å². The van der Waals surface area contributed by atoms with Gasteiger partial charge in [0.15, 0.2) is 0 Å². The second-order valence-electron chi connectivity index (χ2n) is 4.46. The topological polar surface area (TPSA) is 20.2 Å². The molecule has 0 fully saturated rings. The summed E-state index contributed by atoms with van der Waals surface area (Å²) in [5, 5.41) is 12.5. The van der Waals surface area contributed by atoms with Crippen molar-refractivity contribution in [3.05, 3.63) is 57.2 Å². The van der Waals surface area contributed by atoms with E-state index in [0.29, 0.717) is 0 Å². The highest BCUT2D eigenvalue weighted by atomic mass is 35.5. The van der Waals surface area contributed by atoms with Gasteiger partial charge in [-0.3, -0.25) is 0 Å². The van der Waals surface area contributed by atoms with Crippen LogP contribution in [0.15, 0.2) is 41.8 Å². The van der Waals surface area contributed by atoms with Gasteiger partial charge in [-0.1, -0.05) is 42.8 Å². The average molecular weight is 267 g/mol. The molecular formula is C14H15ClOS. The van der Waals surface area contributed by atoms with Crippen molar-refractivity contribution in [3.8, 4) is 0 Å². The van der Waals surface area contributed by atoms with E-state index in [1.54, 1.807) is 11.3 Å². The number of rotatable bonds is 4. The molecule has 1 nitrogen and oxygen atoms in total. The summed E-state index contributed by atoms with van der Waals surface area (Å²) >= 11 is 7.85. The van der Waals surface area contributed by atoms with Gasteiger partial charge in [0.25, 0.3) is 0 Å². The minimum absolute atomic E-state index is 0.124. The van der Waals surface area contributed by atoms with E-state index in [-0.39, 0.29) is 12.0 Å². The van der Waals surface area contributed by atoms with Crippen molar-refractivity contribution in [1.82, 2.24) is 0 Å². The van der Waals surface area contributed by atoms with Crippen molar-refractivity contribution < 1.29 is 5.11 Å². The molecule has 1 aromatic carbocycles. The Balaban J connectivity index is 2.30. The molecule has 2 aromatic rings. The fraction of sp³-hybridized carbons (Fsp3) is 0.286. The quantitative estimate of drug-likeness (QED) is 0.890. The Morgan fingerprint density at radius 1 is 1.24 bits per heavy atom. The van der Waals surface area contributed by atoms with E-state index >= 15 is 0 Å². The van der Waals surface area contributed by atoms with E-state index in [9.17, 15) is 5.11 Å². The van der Waals surface area contributed by atoms with E-state index in [1.165, 1.54) is 4.88 Å². The van der Waals surface area contributed by atoms with Crippen molar-refractivity contribution in [2.45, 2.75) is 18.8 Å². The number of aliphatic hydroxyl groups is 1. The van der Waals surface area contributed by atoms with Crippen molar-refractivity contribution in [3.63, 3.8) is 0 Å². The normalized spacial score (nSPS) is 14.5. The average Bonchev–Trinajstić information content (AvgIpc) is 2.86. The Bertz CT molecular complexity index is 481.